The standard InChI is InChI=1S/C17H27NS/c1-19-12-5-3-2-4-11-18-14-15-9-10-16-7-6-8-17(16)13-15/h9-10,13,18H,2-8,11-12,14H2,1H3. The van der Waals surface area contributed by atoms with E-state index >= 15 is 0 Å². The van der Waals surface area contributed by atoms with Crippen molar-refractivity contribution in [2.75, 3.05) is 18.6 Å². The maximum atomic E-state index is 3.58. The van der Waals surface area contributed by atoms with Gasteiger partial charge in [0.1, 0.15) is 0 Å². The molecule has 0 heterocycles. The molecule has 2 rings (SSSR count). The summed E-state index contributed by atoms with van der Waals surface area (Å²) >= 11 is 1.96. The Labute approximate surface area is 122 Å². The molecule has 0 aliphatic heterocycles. The Balaban J connectivity index is 1.56. The first-order chi connectivity index (χ1) is 9.40. The van der Waals surface area contributed by atoms with Crippen LogP contribution in [0.3, 0.4) is 0 Å². The summed E-state index contributed by atoms with van der Waals surface area (Å²) in [4.78, 5) is 0. The van der Waals surface area contributed by atoms with Crippen LogP contribution >= 0.6 is 11.8 Å². The van der Waals surface area contributed by atoms with Crippen molar-refractivity contribution >= 4 is 11.8 Å². The molecule has 1 aliphatic rings. The zero-order valence-electron chi connectivity index (χ0n) is 12.2. The van der Waals surface area contributed by atoms with Crippen LogP contribution in [0.5, 0.6) is 0 Å². The molecule has 0 saturated carbocycles. The minimum absolute atomic E-state index is 1.04. The van der Waals surface area contributed by atoms with Crippen molar-refractivity contribution in [3.63, 3.8) is 0 Å². The van der Waals surface area contributed by atoms with Crippen LogP contribution in [0.15, 0.2) is 18.2 Å². The number of benzene rings is 1. The molecular formula is C17H27NS. The number of fused-ring (bicyclic) bond motifs is 1. The largest absolute Gasteiger partial charge is 0.313 e. The van der Waals surface area contributed by atoms with Gasteiger partial charge in [-0.1, -0.05) is 31.0 Å². The van der Waals surface area contributed by atoms with Crippen LogP contribution in [0.4, 0.5) is 0 Å². The number of aryl methyl sites for hydroxylation is 2. The Hall–Kier alpha value is -0.470. The second-order valence-electron chi connectivity index (χ2n) is 5.54. The molecule has 1 nitrogen and oxygen atoms in total. The van der Waals surface area contributed by atoms with E-state index in [0.717, 1.165) is 13.1 Å². The van der Waals surface area contributed by atoms with Gasteiger partial charge >= 0.3 is 0 Å². The molecule has 0 unspecified atom stereocenters. The van der Waals surface area contributed by atoms with Gasteiger partial charge in [-0.3, -0.25) is 0 Å². The molecule has 1 aromatic rings. The molecule has 2 heteroatoms. The fourth-order valence-electron chi connectivity index (χ4n) is 2.82. The SMILES string of the molecule is CSCCCCCCNCc1ccc2c(c1)CCC2. The minimum Gasteiger partial charge on any atom is -0.313 e. The molecule has 0 bridgehead atoms. The average molecular weight is 277 g/mol. The van der Waals surface area contributed by atoms with Crippen LogP contribution in [-0.2, 0) is 19.4 Å². The van der Waals surface area contributed by atoms with Gasteiger partial charge in [0.15, 0.2) is 0 Å². The van der Waals surface area contributed by atoms with Gasteiger partial charge in [-0.05, 0) is 67.3 Å². The van der Waals surface area contributed by atoms with Crippen molar-refractivity contribution in [2.24, 2.45) is 0 Å². The summed E-state index contributed by atoms with van der Waals surface area (Å²) in [6, 6.07) is 7.05. The fraction of sp³-hybridized carbons (Fsp3) is 0.647. The van der Waals surface area contributed by atoms with E-state index in [2.05, 4.69) is 29.8 Å². The molecule has 0 spiro atoms. The molecule has 19 heavy (non-hydrogen) atoms. The normalized spacial score (nSPS) is 13.7. The van der Waals surface area contributed by atoms with Gasteiger partial charge < -0.3 is 5.32 Å². The quantitative estimate of drug-likeness (QED) is 0.679. The molecule has 0 radical (unpaired) electrons. The predicted octanol–water partition coefficient (Wildman–Crippen LogP) is 4.19. The summed E-state index contributed by atoms with van der Waals surface area (Å²) in [7, 11) is 0. The van der Waals surface area contributed by atoms with E-state index in [4.69, 9.17) is 0 Å². The highest BCUT2D eigenvalue weighted by molar-refractivity contribution is 7.98. The minimum atomic E-state index is 1.04. The number of hydrogen-bond donors (Lipinski definition) is 1. The molecule has 0 fully saturated rings. The Morgan fingerprint density at radius 2 is 1.89 bits per heavy atom. The van der Waals surface area contributed by atoms with E-state index in [1.807, 2.05) is 11.8 Å². The topological polar surface area (TPSA) is 12.0 Å². The molecule has 1 aromatic carbocycles. The van der Waals surface area contributed by atoms with Gasteiger partial charge in [-0.2, -0.15) is 11.8 Å². The third-order valence-corrected chi connectivity index (χ3v) is 4.64. The summed E-state index contributed by atoms with van der Waals surface area (Å²) in [6.07, 6.45) is 11.6. The second-order valence-corrected chi connectivity index (χ2v) is 6.53. The maximum absolute atomic E-state index is 3.58. The van der Waals surface area contributed by atoms with Crippen molar-refractivity contribution in [2.45, 2.75) is 51.5 Å². The first kappa shape index (κ1) is 14.9. The van der Waals surface area contributed by atoms with Gasteiger partial charge in [-0.15, -0.1) is 0 Å². The molecule has 0 amide bonds. The van der Waals surface area contributed by atoms with E-state index in [1.54, 1.807) is 11.1 Å². The summed E-state index contributed by atoms with van der Waals surface area (Å²) in [5, 5.41) is 3.58. The zero-order chi connectivity index (χ0) is 13.3. The molecule has 1 aliphatic carbocycles. The summed E-state index contributed by atoms with van der Waals surface area (Å²) in [5.41, 5.74) is 4.64. The van der Waals surface area contributed by atoms with Crippen LogP contribution < -0.4 is 5.32 Å². The van der Waals surface area contributed by atoms with Crippen LogP contribution in [0.2, 0.25) is 0 Å². The lowest BCUT2D eigenvalue weighted by atomic mass is 10.1. The maximum Gasteiger partial charge on any atom is 0.0205 e. The second kappa shape index (κ2) is 8.65. The van der Waals surface area contributed by atoms with Crippen molar-refractivity contribution in [3.05, 3.63) is 34.9 Å². The average Bonchev–Trinajstić information content (AvgIpc) is 2.89. The van der Waals surface area contributed by atoms with Gasteiger partial charge in [-0.25, -0.2) is 0 Å². The number of nitrogens with one attached hydrogen (secondary N) is 1. The molecule has 106 valence electrons. The van der Waals surface area contributed by atoms with E-state index in [0.29, 0.717) is 0 Å². The van der Waals surface area contributed by atoms with Crippen molar-refractivity contribution in [1.82, 2.24) is 5.32 Å². The first-order valence-corrected chi connectivity index (χ1v) is 9.10. The van der Waals surface area contributed by atoms with Crippen LogP contribution in [0.1, 0.15) is 48.8 Å². The van der Waals surface area contributed by atoms with E-state index < -0.39 is 0 Å². The van der Waals surface area contributed by atoms with E-state index in [9.17, 15) is 0 Å². The summed E-state index contributed by atoms with van der Waals surface area (Å²) in [6.45, 7) is 2.20. The van der Waals surface area contributed by atoms with Gasteiger partial charge in [0.2, 0.25) is 0 Å². The first-order valence-electron chi connectivity index (χ1n) is 7.70. The van der Waals surface area contributed by atoms with Crippen LogP contribution in [0, 0.1) is 0 Å². The Morgan fingerprint density at radius 3 is 2.79 bits per heavy atom. The van der Waals surface area contributed by atoms with Gasteiger partial charge in [0.25, 0.3) is 0 Å². The lowest BCUT2D eigenvalue weighted by Crippen LogP contribution is -2.14. The smallest absolute Gasteiger partial charge is 0.0205 e. The van der Waals surface area contributed by atoms with Gasteiger partial charge in [0.05, 0.1) is 0 Å². The highest BCUT2D eigenvalue weighted by Crippen LogP contribution is 2.22. The third kappa shape index (κ3) is 5.19. The highest BCUT2D eigenvalue weighted by atomic mass is 32.2. The molecule has 0 saturated heterocycles. The summed E-state index contributed by atoms with van der Waals surface area (Å²) in [5.74, 6) is 1.32. The van der Waals surface area contributed by atoms with Gasteiger partial charge in [0, 0.05) is 6.54 Å². The van der Waals surface area contributed by atoms with Crippen LogP contribution in [0.25, 0.3) is 0 Å². The molecule has 0 atom stereocenters. The lowest BCUT2D eigenvalue weighted by molar-refractivity contribution is 0.599. The summed E-state index contributed by atoms with van der Waals surface area (Å²) < 4.78 is 0. The molecule has 1 N–H and O–H groups in total. The lowest BCUT2D eigenvalue weighted by Gasteiger charge is -2.07. The molecular weight excluding hydrogens is 250 g/mol. The highest BCUT2D eigenvalue weighted by Gasteiger charge is 2.10. The van der Waals surface area contributed by atoms with E-state index in [-0.39, 0.29) is 0 Å². The Morgan fingerprint density at radius 1 is 1.05 bits per heavy atom. The monoisotopic (exact) mass is 277 g/mol. The number of thioether (sulfide) groups is 1. The third-order valence-electron chi connectivity index (χ3n) is 3.94. The van der Waals surface area contributed by atoms with Crippen molar-refractivity contribution in [1.29, 1.82) is 0 Å². The van der Waals surface area contributed by atoms with Crippen LogP contribution in [-0.4, -0.2) is 18.6 Å². The number of unbranched alkanes of at least 4 members (excludes halogenated alkanes) is 3. The molecule has 0 aromatic heterocycles. The Bertz CT molecular complexity index is 376. The number of rotatable bonds is 9. The fourth-order valence-corrected chi connectivity index (χ4v) is 3.31. The Kier molecular flexibility index (Phi) is 6.80. The predicted molar refractivity (Wildman–Crippen MR) is 87.0 cm³/mol. The van der Waals surface area contributed by atoms with Crippen molar-refractivity contribution < 1.29 is 0 Å². The van der Waals surface area contributed by atoms with Crippen molar-refractivity contribution in [3.8, 4) is 0 Å². The van der Waals surface area contributed by atoms with E-state index in [1.165, 1.54) is 56.3 Å². The number of hydrogen-bond acceptors (Lipinski definition) is 2. The zero-order valence-corrected chi connectivity index (χ0v) is 13.0.